The second-order valence-corrected chi connectivity index (χ2v) is 4.52. The molecule has 1 heterocycles. The van der Waals surface area contributed by atoms with Gasteiger partial charge in [-0.1, -0.05) is 0 Å². The maximum absolute atomic E-state index is 5.92. The van der Waals surface area contributed by atoms with Crippen LogP contribution in [0.1, 0.15) is 26.5 Å². The summed E-state index contributed by atoms with van der Waals surface area (Å²) < 4.78 is 7.36. The van der Waals surface area contributed by atoms with E-state index in [1.54, 1.807) is 4.68 Å². The predicted octanol–water partition coefficient (Wildman–Crippen LogP) is 1.54. The Bertz CT molecular complexity index is 357. The van der Waals surface area contributed by atoms with Crippen molar-refractivity contribution in [2.24, 2.45) is 7.05 Å². The molecule has 0 aliphatic heterocycles. The lowest BCUT2D eigenvalue weighted by molar-refractivity contribution is 0.000614. The van der Waals surface area contributed by atoms with Crippen molar-refractivity contribution in [2.45, 2.75) is 33.3 Å². The fraction of sp³-hybridized carbons (Fsp3) is 0.727. The molecule has 0 saturated heterocycles. The molecule has 0 aliphatic rings. The van der Waals surface area contributed by atoms with Crippen LogP contribution in [0.2, 0.25) is 0 Å². The summed E-state index contributed by atoms with van der Waals surface area (Å²) in [6.45, 7) is 9.38. The van der Waals surface area contributed by atoms with Crippen molar-refractivity contribution in [1.82, 2.24) is 9.78 Å². The van der Waals surface area contributed by atoms with Crippen LogP contribution in [0.5, 0.6) is 0 Å². The van der Waals surface area contributed by atoms with Gasteiger partial charge in [0.25, 0.3) is 0 Å². The van der Waals surface area contributed by atoms with Gasteiger partial charge in [0.15, 0.2) is 0 Å². The van der Waals surface area contributed by atoms with Crippen LogP contribution in [0, 0.1) is 6.92 Å². The monoisotopic (exact) mass is 226 g/mol. The van der Waals surface area contributed by atoms with Crippen LogP contribution >= 0.6 is 0 Å². The number of hydrogen-bond acceptors (Lipinski definition) is 4. The smallest absolute Gasteiger partial charge is 0.147 e. The van der Waals surface area contributed by atoms with Gasteiger partial charge in [-0.05, 0) is 27.7 Å². The topological polar surface area (TPSA) is 65.1 Å². The summed E-state index contributed by atoms with van der Waals surface area (Å²) in [5.74, 6) is 0.852. The third kappa shape index (κ3) is 2.88. The zero-order valence-corrected chi connectivity index (χ0v) is 10.8. The highest BCUT2D eigenvalue weighted by molar-refractivity contribution is 5.64. The maximum Gasteiger partial charge on any atom is 0.147 e. The number of anilines is 2. The molecule has 0 saturated carbocycles. The molecule has 0 radical (unpaired) electrons. The van der Waals surface area contributed by atoms with Crippen molar-refractivity contribution in [3.05, 3.63) is 5.69 Å². The first-order valence-electron chi connectivity index (χ1n) is 5.54. The third-order valence-corrected chi connectivity index (χ3v) is 2.49. The molecule has 1 aromatic heterocycles. The number of ether oxygens (including phenoxy) is 1. The Labute approximate surface area is 97.0 Å². The highest BCUT2D eigenvalue weighted by Gasteiger charge is 2.19. The summed E-state index contributed by atoms with van der Waals surface area (Å²) in [6.07, 6.45) is 0. The van der Waals surface area contributed by atoms with Crippen molar-refractivity contribution in [3.63, 3.8) is 0 Å². The van der Waals surface area contributed by atoms with E-state index >= 15 is 0 Å². The van der Waals surface area contributed by atoms with Crippen LogP contribution in [0.25, 0.3) is 0 Å². The van der Waals surface area contributed by atoms with E-state index in [1.807, 2.05) is 34.7 Å². The Morgan fingerprint density at radius 2 is 2.12 bits per heavy atom. The van der Waals surface area contributed by atoms with Gasteiger partial charge in [-0.3, -0.25) is 4.68 Å². The number of rotatable bonds is 5. The lowest BCUT2D eigenvalue weighted by Crippen LogP contribution is -2.34. The molecular formula is C11H22N4O. The van der Waals surface area contributed by atoms with Crippen molar-refractivity contribution in [3.8, 4) is 0 Å². The molecule has 5 nitrogen and oxygen atoms in total. The number of aromatic nitrogens is 2. The highest BCUT2D eigenvalue weighted by atomic mass is 16.5. The molecule has 0 aliphatic carbocycles. The van der Waals surface area contributed by atoms with Gasteiger partial charge in [-0.2, -0.15) is 5.10 Å². The number of nitrogens with two attached hydrogens (primary N) is 1. The minimum absolute atomic E-state index is 0.209. The van der Waals surface area contributed by atoms with E-state index < -0.39 is 0 Å². The summed E-state index contributed by atoms with van der Waals surface area (Å²) in [5.41, 5.74) is 7.26. The van der Waals surface area contributed by atoms with E-state index in [4.69, 9.17) is 10.5 Å². The van der Waals surface area contributed by atoms with Crippen molar-refractivity contribution >= 4 is 11.5 Å². The Morgan fingerprint density at radius 1 is 1.50 bits per heavy atom. The van der Waals surface area contributed by atoms with Crippen LogP contribution in [0.15, 0.2) is 0 Å². The van der Waals surface area contributed by atoms with E-state index in [0.29, 0.717) is 18.8 Å². The van der Waals surface area contributed by atoms with Gasteiger partial charge in [0, 0.05) is 20.2 Å². The lowest BCUT2D eigenvalue weighted by Gasteiger charge is -2.25. The Hall–Kier alpha value is -1.23. The first-order chi connectivity index (χ1) is 7.37. The molecule has 92 valence electrons. The van der Waals surface area contributed by atoms with Crippen LogP contribution in [-0.4, -0.2) is 28.5 Å². The molecular weight excluding hydrogens is 204 g/mol. The van der Waals surface area contributed by atoms with E-state index in [1.165, 1.54) is 0 Å². The van der Waals surface area contributed by atoms with Crippen LogP contribution in [0.3, 0.4) is 0 Å². The molecule has 1 aromatic rings. The van der Waals surface area contributed by atoms with Gasteiger partial charge < -0.3 is 15.8 Å². The van der Waals surface area contributed by atoms with Gasteiger partial charge in [0.2, 0.25) is 0 Å². The van der Waals surface area contributed by atoms with E-state index in [9.17, 15) is 0 Å². The van der Waals surface area contributed by atoms with E-state index in [-0.39, 0.29) is 5.60 Å². The molecule has 3 N–H and O–H groups in total. The summed E-state index contributed by atoms with van der Waals surface area (Å²) >= 11 is 0. The summed E-state index contributed by atoms with van der Waals surface area (Å²) in [7, 11) is 1.87. The zero-order valence-electron chi connectivity index (χ0n) is 10.8. The molecule has 0 amide bonds. The second kappa shape index (κ2) is 4.74. The second-order valence-electron chi connectivity index (χ2n) is 4.52. The minimum atomic E-state index is -0.209. The standard InChI is InChI=1S/C11H22N4O/c1-6-16-11(3,4)7-13-10-9(12)8(2)14-15(10)5/h13H,6-7,12H2,1-5H3. The Kier molecular flexibility index (Phi) is 3.80. The Balaban J connectivity index is 2.67. The van der Waals surface area contributed by atoms with Crippen LogP contribution in [-0.2, 0) is 11.8 Å². The minimum Gasteiger partial charge on any atom is -0.394 e. The largest absolute Gasteiger partial charge is 0.394 e. The molecule has 1 rings (SSSR count). The average Bonchev–Trinajstić information content (AvgIpc) is 2.39. The van der Waals surface area contributed by atoms with Crippen molar-refractivity contribution in [1.29, 1.82) is 0 Å². The number of hydrogen-bond donors (Lipinski definition) is 2. The van der Waals surface area contributed by atoms with Gasteiger partial charge >= 0.3 is 0 Å². The fourth-order valence-corrected chi connectivity index (χ4v) is 1.62. The molecule has 0 spiro atoms. The van der Waals surface area contributed by atoms with Crippen LogP contribution in [0.4, 0.5) is 11.5 Å². The van der Waals surface area contributed by atoms with E-state index in [0.717, 1.165) is 11.5 Å². The third-order valence-electron chi connectivity index (χ3n) is 2.49. The SMILES string of the molecule is CCOC(C)(C)CNc1c(N)c(C)nn1C. The maximum atomic E-state index is 5.92. The number of aryl methyl sites for hydroxylation is 2. The van der Waals surface area contributed by atoms with E-state index in [2.05, 4.69) is 10.4 Å². The highest BCUT2D eigenvalue weighted by Crippen LogP contribution is 2.22. The number of nitrogens with one attached hydrogen (secondary N) is 1. The zero-order chi connectivity index (χ0) is 12.3. The summed E-state index contributed by atoms with van der Waals surface area (Å²) in [4.78, 5) is 0. The van der Waals surface area contributed by atoms with Crippen molar-refractivity contribution in [2.75, 3.05) is 24.2 Å². The molecule has 0 bridgehead atoms. The van der Waals surface area contributed by atoms with Gasteiger partial charge in [0.1, 0.15) is 5.82 Å². The Morgan fingerprint density at radius 3 is 2.56 bits per heavy atom. The molecule has 5 heteroatoms. The molecule has 0 unspecified atom stereocenters. The van der Waals surface area contributed by atoms with Gasteiger partial charge in [-0.25, -0.2) is 0 Å². The molecule has 0 fully saturated rings. The number of nitrogens with zero attached hydrogens (tertiary/aromatic N) is 2. The van der Waals surface area contributed by atoms with Gasteiger partial charge in [-0.15, -0.1) is 0 Å². The normalized spacial score (nSPS) is 11.8. The fourth-order valence-electron chi connectivity index (χ4n) is 1.62. The molecule has 16 heavy (non-hydrogen) atoms. The molecule has 0 aromatic carbocycles. The quantitative estimate of drug-likeness (QED) is 0.799. The average molecular weight is 226 g/mol. The lowest BCUT2D eigenvalue weighted by atomic mass is 10.1. The van der Waals surface area contributed by atoms with Crippen LogP contribution < -0.4 is 11.1 Å². The van der Waals surface area contributed by atoms with Crippen molar-refractivity contribution < 1.29 is 4.74 Å². The summed E-state index contributed by atoms with van der Waals surface area (Å²) in [5, 5.41) is 7.52. The number of nitrogen functional groups attached to an aromatic ring is 1. The molecule has 0 atom stereocenters. The first kappa shape index (κ1) is 12.8. The first-order valence-corrected chi connectivity index (χ1v) is 5.54. The predicted molar refractivity (Wildman–Crippen MR) is 66.6 cm³/mol. The van der Waals surface area contributed by atoms with Gasteiger partial charge in [0.05, 0.1) is 17.0 Å². The summed E-state index contributed by atoms with van der Waals surface area (Å²) in [6, 6.07) is 0.